The molecule has 2 aliphatic heterocycles. The summed E-state index contributed by atoms with van der Waals surface area (Å²) < 4.78 is 24.8. The van der Waals surface area contributed by atoms with Crippen LogP contribution in [0.15, 0.2) is 18.2 Å². The summed E-state index contributed by atoms with van der Waals surface area (Å²) in [5.41, 5.74) is 0.256. The van der Waals surface area contributed by atoms with E-state index in [9.17, 15) is 18.8 Å². The van der Waals surface area contributed by atoms with E-state index in [0.29, 0.717) is 31.6 Å². The second kappa shape index (κ2) is 8.49. The van der Waals surface area contributed by atoms with Gasteiger partial charge in [-0.3, -0.25) is 9.69 Å². The van der Waals surface area contributed by atoms with Crippen LogP contribution < -0.4 is 4.90 Å². The van der Waals surface area contributed by atoms with Crippen LogP contribution in [-0.2, 0) is 20.7 Å². The third-order valence-corrected chi connectivity index (χ3v) is 5.15. The minimum Gasteiger partial charge on any atom is -0.469 e. The van der Waals surface area contributed by atoms with Gasteiger partial charge in [-0.25, -0.2) is 14.0 Å². The van der Waals surface area contributed by atoms with E-state index in [1.54, 1.807) is 42.7 Å². The summed E-state index contributed by atoms with van der Waals surface area (Å²) in [7, 11) is 1.31. The summed E-state index contributed by atoms with van der Waals surface area (Å²) in [6.45, 7) is 6.80. The van der Waals surface area contributed by atoms with Crippen molar-refractivity contribution < 1.29 is 28.2 Å². The van der Waals surface area contributed by atoms with E-state index in [0.717, 1.165) is 0 Å². The number of hydrogen-bond donors (Lipinski definition) is 0. The zero-order valence-corrected chi connectivity index (χ0v) is 17.8. The molecule has 2 heterocycles. The van der Waals surface area contributed by atoms with Gasteiger partial charge in [-0.1, -0.05) is 6.07 Å². The molecule has 0 spiro atoms. The molecule has 9 heteroatoms. The van der Waals surface area contributed by atoms with Gasteiger partial charge >= 0.3 is 18.1 Å². The number of esters is 1. The molecule has 8 nitrogen and oxygen atoms in total. The average Bonchev–Trinajstić information content (AvgIpc) is 3.00. The highest BCUT2D eigenvalue weighted by atomic mass is 19.1. The number of ether oxygens (including phenoxy) is 2. The van der Waals surface area contributed by atoms with Gasteiger partial charge in [0.05, 0.1) is 25.4 Å². The minimum absolute atomic E-state index is 0.161. The highest BCUT2D eigenvalue weighted by molar-refractivity contribution is 5.95. The number of carbonyl (C=O) groups is 3. The average molecular weight is 421 g/mol. The van der Waals surface area contributed by atoms with Crippen LogP contribution in [0.4, 0.5) is 19.7 Å². The number of rotatable bonds is 4. The molecule has 2 aliphatic rings. The van der Waals surface area contributed by atoms with Crippen LogP contribution in [0.1, 0.15) is 32.8 Å². The monoisotopic (exact) mass is 421 g/mol. The number of anilines is 1. The summed E-state index contributed by atoms with van der Waals surface area (Å²) >= 11 is 0. The fraction of sp³-hybridized carbons (Fsp3) is 0.571. The van der Waals surface area contributed by atoms with Crippen LogP contribution >= 0.6 is 0 Å². The van der Waals surface area contributed by atoms with Gasteiger partial charge < -0.3 is 19.3 Å². The fourth-order valence-corrected chi connectivity index (χ4v) is 3.67. The molecule has 0 bridgehead atoms. The van der Waals surface area contributed by atoms with E-state index in [4.69, 9.17) is 4.74 Å². The molecule has 3 amide bonds. The molecule has 1 aromatic rings. The number of amides is 3. The number of aryl methyl sites for hydroxylation is 1. The number of carbonyl (C=O) groups excluding carboxylic acids is 3. The van der Waals surface area contributed by atoms with Crippen LogP contribution in [0, 0.1) is 5.82 Å². The molecule has 30 heavy (non-hydrogen) atoms. The Kier molecular flexibility index (Phi) is 6.19. The lowest BCUT2D eigenvalue weighted by Crippen LogP contribution is -2.54. The number of methoxy groups -OCH3 is 1. The van der Waals surface area contributed by atoms with Gasteiger partial charge in [0.2, 0.25) is 0 Å². The van der Waals surface area contributed by atoms with Gasteiger partial charge in [0.1, 0.15) is 11.4 Å². The summed E-state index contributed by atoms with van der Waals surface area (Å²) in [5.74, 6) is -0.879. The summed E-state index contributed by atoms with van der Waals surface area (Å²) in [4.78, 5) is 41.1. The molecule has 0 saturated carbocycles. The molecular weight excluding hydrogens is 393 g/mol. The Hall–Kier alpha value is -2.84. The SMILES string of the molecule is COC(=O)CCc1ccc(N2C[C@@H]3CN(C(=O)OC(C)(C)C)CCN3C2=O)c(F)c1. The van der Waals surface area contributed by atoms with Crippen molar-refractivity contribution in [3.63, 3.8) is 0 Å². The molecule has 3 rings (SSSR count). The van der Waals surface area contributed by atoms with Crippen molar-refractivity contribution in [3.8, 4) is 0 Å². The number of nitrogens with zero attached hydrogens (tertiary/aromatic N) is 3. The van der Waals surface area contributed by atoms with E-state index in [1.165, 1.54) is 18.1 Å². The molecule has 164 valence electrons. The predicted octanol–water partition coefficient (Wildman–Crippen LogP) is 2.79. The highest BCUT2D eigenvalue weighted by Crippen LogP contribution is 2.29. The third kappa shape index (κ3) is 4.83. The number of hydrogen-bond acceptors (Lipinski definition) is 5. The minimum atomic E-state index is -0.593. The lowest BCUT2D eigenvalue weighted by Gasteiger charge is -2.36. The first-order valence-corrected chi connectivity index (χ1v) is 10.0. The molecular formula is C21H28FN3O5. The van der Waals surface area contributed by atoms with Crippen molar-refractivity contribution in [3.05, 3.63) is 29.6 Å². The first-order valence-electron chi connectivity index (χ1n) is 10.0. The molecule has 1 aromatic carbocycles. The predicted molar refractivity (Wildman–Crippen MR) is 108 cm³/mol. The van der Waals surface area contributed by atoms with E-state index < -0.39 is 17.5 Å². The Morgan fingerprint density at radius 3 is 2.57 bits per heavy atom. The first-order chi connectivity index (χ1) is 14.1. The quantitative estimate of drug-likeness (QED) is 0.699. The van der Waals surface area contributed by atoms with E-state index >= 15 is 0 Å². The number of fused-ring (bicyclic) bond motifs is 1. The fourth-order valence-electron chi connectivity index (χ4n) is 3.67. The lowest BCUT2D eigenvalue weighted by molar-refractivity contribution is -0.140. The standard InChI is InChI=1S/C21H28FN3O5/c1-21(2,3)30-20(28)23-9-10-24-15(12-23)13-25(19(24)27)17-7-5-14(11-16(17)22)6-8-18(26)29-4/h5,7,11,15H,6,8-10,12-13H2,1-4H3/t15-/m0/s1. The maximum absolute atomic E-state index is 14.7. The molecule has 0 aliphatic carbocycles. The van der Waals surface area contributed by atoms with Gasteiger partial charge in [-0.15, -0.1) is 0 Å². The van der Waals surface area contributed by atoms with E-state index in [1.807, 2.05) is 0 Å². The Morgan fingerprint density at radius 2 is 1.93 bits per heavy atom. The summed E-state index contributed by atoms with van der Waals surface area (Å²) in [5, 5.41) is 0. The second-order valence-corrected chi connectivity index (χ2v) is 8.53. The molecule has 2 fully saturated rings. The van der Waals surface area contributed by atoms with Gasteiger partial charge in [0.15, 0.2) is 0 Å². The Bertz CT molecular complexity index is 838. The zero-order chi connectivity index (χ0) is 22.1. The van der Waals surface area contributed by atoms with Crippen molar-refractivity contribution in [2.45, 2.75) is 45.3 Å². The van der Waals surface area contributed by atoms with Gasteiger partial charge in [0.25, 0.3) is 0 Å². The van der Waals surface area contributed by atoms with Crippen LogP contribution in [0.3, 0.4) is 0 Å². The van der Waals surface area contributed by atoms with Crippen molar-refractivity contribution in [2.75, 3.05) is 38.2 Å². The van der Waals surface area contributed by atoms with Crippen LogP contribution in [0.25, 0.3) is 0 Å². The van der Waals surface area contributed by atoms with Gasteiger partial charge in [-0.2, -0.15) is 0 Å². The molecule has 0 N–H and O–H groups in total. The Labute approximate surface area is 175 Å². The maximum Gasteiger partial charge on any atom is 0.410 e. The zero-order valence-electron chi connectivity index (χ0n) is 17.8. The molecule has 0 aromatic heterocycles. The summed E-state index contributed by atoms with van der Waals surface area (Å²) in [6.07, 6.45) is 0.111. The van der Waals surface area contributed by atoms with Crippen molar-refractivity contribution in [1.29, 1.82) is 0 Å². The van der Waals surface area contributed by atoms with Crippen LogP contribution in [0.2, 0.25) is 0 Å². The van der Waals surface area contributed by atoms with E-state index in [-0.39, 0.29) is 36.7 Å². The highest BCUT2D eigenvalue weighted by Gasteiger charge is 2.43. The Morgan fingerprint density at radius 1 is 1.20 bits per heavy atom. The number of piperazine rings is 1. The normalized spacial score (nSPS) is 19.0. The van der Waals surface area contributed by atoms with Crippen molar-refractivity contribution in [2.24, 2.45) is 0 Å². The molecule has 0 radical (unpaired) electrons. The molecule has 0 unspecified atom stereocenters. The smallest absolute Gasteiger partial charge is 0.410 e. The number of urea groups is 1. The lowest BCUT2D eigenvalue weighted by atomic mass is 10.1. The van der Waals surface area contributed by atoms with E-state index in [2.05, 4.69) is 4.74 Å². The van der Waals surface area contributed by atoms with Crippen LogP contribution in [0.5, 0.6) is 0 Å². The third-order valence-electron chi connectivity index (χ3n) is 5.15. The Balaban J connectivity index is 1.67. The maximum atomic E-state index is 14.7. The summed E-state index contributed by atoms with van der Waals surface area (Å²) in [6, 6.07) is 4.11. The number of halogens is 1. The van der Waals surface area contributed by atoms with Gasteiger partial charge in [-0.05, 0) is 44.9 Å². The largest absolute Gasteiger partial charge is 0.469 e. The second-order valence-electron chi connectivity index (χ2n) is 8.53. The first kappa shape index (κ1) is 21.9. The molecule has 2 saturated heterocycles. The molecule has 1 atom stereocenters. The van der Waals surface area contributed by atoms with Crippen molar-refractivity contribution >= 4 is 23.8 Å². The van der Waals surface area contributed by atoms with Crippen molar-refractivity contribution in [1.82, 2.24) is 9.80 Å². The topological polar surface area (TPSA) is 79.4 Å². The number of benzene rings is 1. The van der Waals surface area contributed by atoms with Gasteiger partial charge in [0, 0.05) is 26.1 Å². The van der Waals surface area contributed by atoms with Crippen LogP contribution in [-0.4, -0.2) is 72.8 Å².